The minimum Gasteiger partial charge on any atom is -0.353 e. The molecule has 2 N–H and O–H groups in total. The van der Waals surface area contributed by atoms with Crippen LogP contribution in [-0.4, -0.2) is 61.6 Å². The fourth-order valence-electron chi connectivity index (χ4n) is 4.11. The first-order valence-electron chi connectivity index (χ1n) is 10.3. The van der Waals surface area contributed by atoms with E-state index in [1.54, 1.807) is 6.20 Å². The third-order valence-electron chi connectivity index (χ3n) is 5.62. The molecule has 2 fully saturated rings. The van der Waals surface area contributed by atoms with Crippen molar-refractivity contribution in [2.24, 2.45) is 0 Å². The maximum atomic E-state index is 12.8. The minimum absolute atomic E-state index is 0.0305. The van der Waals surface area contributed by atoms with Gasteiger partial charge in [-0.25, -0.2) is 4.98 Å². The molecule has 3 heterocycles. The topological polar surface area (TPSA) is 60.5 Å². The van der Waals surface area contributed by atoms with Crippen LogP contribution in [0.1, 0.15) is 34.8 Å². The van der Waals surface area contributed by atoms with E-state index in [0.29, 0.717) is 12.1 Å². The van der Waals surface area contributed by atoms with Crippen molar-refractivity contribution < 1.29 is 4.79 Å². The second-order valence-electron chi connectivity index (χ2n) is 7.54. The number of carbonyl (C=O) groups is 1. The van der Waals surface area contributed by atoms with Crippen LogP contribution < -0.4 is 15.5 Å². The van der Waals surface area contributed by atoms with Gasteiger partial charge in [0.1, 0.15) is 5.82 Å². The number of amides is 1. The molecule has 2 aliphatic heterocycles. The summed E-state index contributed by atoms with van der Waals surface area (Å²) in [6, 6.07) is 14.4. The molecule has 2 aliphatic rings. The Bertz CT molecular complexity index is 776. The van der Waals surface area contributed by atoms with E-state index in [-0.39, 0.29) is 11.9 Å². The Labute approximate surface area is 166 Å². The lowest BCUT2D eigenvalue weighted by atomic mass is 10.0. The zero-order valence-corrected chi connectivity index (χ0v) is 16.3. The van der Waals surface area contributed by atoms with Crippen molar-refractivity contribution in [2.45, 2.75) is 18.9 Å². The molecule has 6 nitrogen and oxygen atoms in total. The highest BCUT2D eigenvalue weighted by atomic mass is 16.1. The van der Waals surface area contributed by atoms with Crippen LogP contribution in [0.15, 0.2) is 48.7 Å². The number of aromatic nitrogens is 1. The average Bonchev–Trinajstić information content (AvgIpc) is 3.28. The molecule has 148 valence electrons. The number of piperazine rings is 1. The first-order chi connectivity index (χ1) is 13.8. The largest absolute Gasteiger partial charge is 0.353 e. The van der Waals surface area contributed by atoms with Crippen LogP contribution in [0.2, 0.25) is 0 Å². The lowest BCUT2D eigenvalue weighted by Crippen LogP contribution is -2.47. The quantitative estimate of drug-likeness (QED) is 0.805. The summed E-state index contributed by atoms with van der Waals surface area (Å²) in [7, 11) is 0. The number of hydrogen-bond acceptors (Lipinski definition) is 5. The number of benzene rings is 1. The molecule has 0 bridgehead atoms. The van der Waals surface area contributed by atoms with Gasteiger partial charge < -0.3 is 20.4 Å². The molecule has 0 radical (unpaired) electrons. The molecule has 1 atom stereocenters. The van der Waals surface area contributed by atoms with Gasteiger partial charge in [0.2, 0.25) is 0 Å². The van der Waals surface area contributed by atoms with Crippen LogP contribution >= 0.6 is 0 Å². The number of nitrogens with zero attached hydrogens (tertiary/aromatic N) is 3. The van der Waals surface area contributed by atoms with E-state index < -0.39 is 0 Å². The van der Waals surface area contributed by atoms with Crippen LogP contribution in [0, 0.1) is 0 Å². The van der Waals surface area contributed by atoms with Gasteiger partial charge in [-0.05, 0) is 43.6 Å². The van der Waals surface area contributed by atoms with Gasteiger partial charge in [0.25, 0.3) is 5.91 Å². The van der Waals surface area contributed by atoms with Crippen molar-refractivity contribution in [1.82, 2.24) is 20.5 Å². The van der Waals surface area contributed by atoms with Crippen molar-refractivity contribution in [3.63, 3.8) is 0 Å². The predicted octanol–water partition coefficient (Wildman–Crippen LogP) is 2.06. The van der Waals surface area contributed by atoms with Gasteiger partial charge in [0, 0.05) is 45.0 Å². The smallest absolute Gasteiger partial charge is 0.255 e. The van der Waals surface area contributed by atoms with Gasteiger partial charge in [-0.2, -0.15) is 0 Å². The molecule has 0 unspecified atom stereocenters. The monoisotopic (exact) mass is 379 g/mol. The van der Waals surface area contributed by atoms with E-state index in [9.17, 15) is 4.79 Å². The van der Waals surface area contributed by atoms with E-state index in [2.05, 4.69) is 49.7 Å². The minimum atomic E-state index is -0.0305. The Morgan fingerprint density at radius 3 is 2.75 bits per heavy atom. The molecular weight excluding hydrogens is 350 g/mol. The summed E-state index contributed by atoms with van der Waals surface area (Å²) in [6.07, 6.45) is 4.31. The molecule has 0 spiro atoms. The number of carbonyl (C=O) groups excluding carboxylic acids is 1. The van der Waals surface area contributed by atoms with Crippen molar-refractivity contribution >= 4 is 11.7 Å². The molecule has 1 aromatic heterocycles. The lowest BCUT2D eigenvalue weighted by molar-refractivity contribution is 0.0950. The molecule has 2 saturated heterocycles. The summed E-state index contributed by atoms with van der Waals surface area (Å²) < 4.78 is 0. The molecule has 0 aliphatic carbocycles. The zero-order chi connectivity index (χ0) is 19.2. The van der Waals surface area contributed by atoms with E-state index in [1.807, 2.05) is 18.2 Å². The van der Waals surface area contributed by atoms with Gasteiger partial charge >= 0.3 is 0 Å². The highest BCUT2D eigenvalue weighted by Crippen LogP contribution is 2.23. The molecule has 1 aromatic carbocycles. The summed E-state index contributed by atoms with van der Waals surface area (Å²) in [5, 5.41) is 6.66. The van der Waals surface area contributed by atoms with E-state index in [0.717, 1.165) is 45.1 Å². The maximum absolute atomic E-state index is 12.8. The fourth-order valence-corrected chi connectivity index (χ4v) is 4.11. The summed E-state index contributed by atoms with van der Waals surface area (Å²) in [4.78, 5) is 22.0. The highest BCUT2D eigenvalue weighted by Gasteiger charge is 2.25. The van der Waals surface area contributed by atoms with Gasteiger partial charge in [-0.15, -0.1) is 0 Å². The molecule has 1 amide bonds. The highest BCUT2D eigenvalue weighted by molar-refractivity contribution is 5.98. The number of hydrogen-bond donors (Lipinski definition) is 2. The predicted molar refractivity (Wildman–Crippen MR) is 112 cm³/mol. The molecular formula is C22H29N5O. The van der Waals surface area contributed by atoms with Crippen LogP contribution in [0.25, 0.3) is 0 Å². The summed E-state index contributed by atoms with van der Waals surface area (Å²) in [6.45, 7) is 6.41. The van der Waals surface area contributed by atoms with Crippen molar-refractivity contribution in [3.05, 3.63) is 59.8 Å². The number of likely N-dealkylation sites (tertiary alicyclic amines) is 1. The van der Waals surface area contributed by atoms with Crippen molar-refractivity contribution in [3.8, 4) is 0 Å². The van der Waals surface area contributed by atoms with Gasteiger partial charge in [0.15, 0.2) is 0 Å². The third kappa shape index (κ3) is 4.51. The third-order valence-corrected chi connectivity index (χ3v) is 5.62. The SMILES string of the molecule is O=C(NCCN1CCCC1)c1cccnc1N1CCN[C@@H](c2ccccc2)C1. The van der Waals surface area contributed by atoms with E-state index >= 15 is 0 Å². The Morgan fingerprint density at radius 2 is 1.93 bits per heavy atom. The van der Waals surface area contributed by atoms with Gasteiger partial charge in [-0.1, -0.05) is 30.3 Å². The van der Waals surface area contributed by atoms with Crippen LogP contribution in [0.5, 0.6) is 0 Å². The van der Waals surface area contributed by atoms with Crippen molar-refractivity contribution in [2.75, 3.05) is 50.7 Å². The summed E-state index contributed by atoms with van der Waals surface area (Å²) in [5.74, 6) is 0.751. The normalized spacial score (nSPS) is 20.3. The van der Waals surface area contributed by atoms with Crippen molar-refractivity contribution in [1.29, 1.82) is 0 Å². The number of pyridine rings is 1. The standard InChI is InChI=1S/C22H29N5O/c28-22(25-11-15-26-13-4-5-14-26)19-9-6-10-24-21(19)27-16-12-23-20(17-27)18-7-2-1-3-8-18/h1-3,6-10,20,23H,4-5,11-17H2,(H,25,28)/t20-/m1/s1. The second kappa shape index (κ2) is 9.17. The van der Waals surface area contributed by atoms with Crippen LogP contribution in [-0.2, 0) is 0 Å². The molecule has 2 aromatic rings. The van der Waals surface area contributed by atoms with Crippen LogP contribution in [0.4, 0.5) is 5.82 Å². The Morgan fingerprint density at radius 1 is 1.11 bits per heavy atom. The first kappa shape index (κ1) is 18.9. The number of anilines is 1. The second-order valence-corrected chi connectivity index (χ2v) is 7.54. The lowest BCUT2D eigenvalue weighted by Gasteiger charge is -2.35. The summed E-state index contributed by atoms with van der Waals surface area (Å²) >= 11 is 0. The maximum Gasteiger partial charge on any atom is 0.255 e. The molecule has 28 heavy (non-hydrogen) atoms. The fraction of sp³-hybridized carbons (Fsp3) is 0.455. The Balaban J connectivity index is 1.42. The molecule has 0 saturated carbocycles. The molecule has 4 rings (SSSR count). The summed E-state index contributed by atoms with van der Waals surface area (Å²) in [5.41, 5.74) is 1.93. The van der Waals surface area contributed by atoms with Gasteiger partial charge in [0.05, 0.1) is 5.56 Å². The zero-order valence-electron chi connectivity index (χ0n) is 16.3. The van der Waals surface area contributed by atoms with Gasteiger partial charge in [-0.3, -0.25) is 4.79 Å². The van der Waals surface area contributed by atoms with Crippen LogP contribution in [0.3, 0.4) is 0 Å². The first-order valence-corrected chi connectivity index (χ1v) is 10.3. The van der Waals surface area contributed by atoms with E-state index in [1.165, 1.54) is 18.4 Å². The number of nitrogens with one attached hydrogen (secondary N) is 2. The Hall–Kier alpha value is -2.44. The average molecular weight is 380 g/mol. The molecule has 6 heteroatoms. The Kier molecular flexibility index (Phi) is 6.19. The van der Waals surface area contributed by atoms with E-state index in [4.69, 9.17) is 0 Å². The number of rotatable bonds is 6.